The van der Waals surface area contributed by atoms with Crippen molar-refractivity contribution in [2.45, 2.75) is 13.3 Å². The Balaban J connectivity index is 2.16. The summed E-state index contributed by atoms with van der Waals surface area (Å²) in [5.74, 6) is -0.619. The lowest BCUT2D eigenvalue weighted by molar-refractivity contribution is 0.0951. The summed E-state index contributed by atoms with van der Waals surface area (Å²) in [4.78, 5) is 12.1. The van der Waals surface area contributed by atoms with Gasteiger partial charge in [-0.1, -0.05) is 23.7 Å². The van der Waals surface area contributed by atoms with Crippen molar-refractivity contribution in [3.05, 3.63) is 58.0 Å². The molecule has 0 unspecified atom stereocenters. The third-order valence-corrected chi connectivity index (χ3v) is 3.12. The van der Waals surface area contributed by atoms with E-state index in [4.69, 9.17) is 11.6 Å². The highest BCUT2D eigenvalue weighted by Gasteiger charge is 2.22. The van der Waals surface area contributed by atoms with E-state index in [-0.39, 0.29) is 5.56 Å². The molecule has 1 amide bonds. The zero-order chi connectivity index (χ0) is 16.3. The second kappa shape index (κ2) is 6.70. The molecule has 7 heteroatoms. The van der Waals surface area contributed by atoms with Crippen LogP contribution in [0.5, 0.6) is 0 Å². The first-order valence-electron chi connectivity index (χ1n) is 6.43. The van der Waals surface area contributed by atoms with Crippen LogP contribution in [0.4, 0.5) is 8.78 Å². The molecular formula is C15H14ClF2N3O. The molecule has 0 aliphatic rings. The molecule has 1 aromatic carbocycles. The van der Waals surface area contributed by atoms with Gasteiger partial charge in [0.2, 0.25) is 0 Å². The first-order chi connectivity index (χ1) is 10.4. The van der Waals surface area contributed by atoms with E-state index < -0.39 is 18.0 Å². The summed E-state index contributed by atoms with van der Waals surface area (Å²) in [7, 11) is 1.49. The van der Waals surface area contributed by atoms with Crippen molar-refractivity contribution in [1.82, 2.24) is 15.1 Å². The summed E-state index contributed by atoms with van der Waals surface area (Å²) >= 11 is 5.79. The minimum Gasteiger partial charge on any atom is -0.326 e. The lowest BCUT2D eigenvalue weighted by atomic mass is 10.2. The highest BCUT2D eigenvalue weighted by molar-refractivity contribution is 6.30. The van der Waals surface area contributed by atoms with Crippen molar-refractivity contribution in [1.29, 1.82) is 0 Å². The van der Waals surface area contributed by atoms with Crippen molar-refractivity contribution in [3.63, 3.8) is 0 Å². The number of carbonyl (C=O) groups excluding carboxylic acids is 1. The molecule has 0 atom stereocenters. The zero-order valence-electron chi connectivity index (χ0n) is 12.0. The van der Waals surface area contributed by atoms with E-state index in [9.17, 15) is 13.6 Å². The van der Waals surface area contributed by atoms with Gasteiger partial charge in [-0.25, -0.2) is 8.78 Å². The number of nitrogens with zero attached hydrogens (tertiary/aromatic N) is 2. The third-order valence-electron chi connectivity index (χ3n) is 2.87. The Labute approximate surface area is 131 Å². The first kappa shape index (κ1) is 16.2. The number of aryl methyl sites for hydroxylation is 1. The SMILES string of the molecule is C/C(=C\c1ccc(Cl)cc1)NC(=O)c1cn(C)nc1C(F)F. The molecule has 1 N–H and O–H groups in total. The summed E-state index contributed by atoms with van der Waals surface area (Å²) in [6.45, 7) is 1.67. The van der Waals surface area contributed by atoms with E-state index in [0.717, 1.165) is 5.56 Å². The van der Waals surface area contributed by atoms with Gasteiger partial charge in [-0.05, 0) is 30.7 Å². The van der Waals surface area contributed by atoms with Crippen molar-refractivity contribution in [2.24, 2.45) is 7.05 Å². The molecule has 0 fully saturated rings. The number of hydrogen-bond acceptors (Lipinski definition) is 2. The predicted molar refractivity (Wildman–Crippen MR) is 80.7 cm³/mol. The largest absolute Gasteiger partial charge is 0.326 e. The molecule has 0 aliphatic heterocycles. The van der Waals surface area contributed by atoms with Crippen LogP contribution in [-0.4, -0.2) is 15.7 Å². The quantitative estimate of drug-likeness (QED) is 0.929. The fourth-order valence-electron chi connectivity index (χ4n) is 1.93. The van der Waals surface area contributed by atoms with Crippen molar-refractivity contribution >= 4 is 23.6 Å². The molecular weight excluding hydrogens is 312 g/mol. The molecule has 116 valence electrons. The third kappa shape index (κ3) is 3.92. The summed E-state index contributed by atoms with van der Waals surface area (Å²) in [6.07, 6.45) is 0.182. The van der Waals surface area contributed by atoms with Gasteiger partial charge in [0, 0.05) is 24.0 Å². The van der Waals surface area contributed by atoms with Crippen LogP contribution in [0.25, 0.3) is 6.08 Å². The Morgan fingerprint density at radius 1 is 1.36 bits per heavy atom. The van der Waals surface area contributed by atoms with Gasteiger partial charge in [-0.3, -0.25) is 9.48 Å². The maximum Gasteiger partial charge on any atom is 0.282 e. The average molecular weight is 326 g/mol. The molecule has 4 nitrogen and oxygen atoms in total. The molecule has 0 saturated carbocycles. The van der Waals surface area contributed by atoms with Gasteiger partial charge in [0.05, 0.1) is 5.56 Å². The molecule has 2 aromatic rings. The van der Waals surface area contributed by atoms with Crippen molar-refractivity contribution in [3.8, 4) is 0 Å². The summed E-state index contributed by atoms with van der Waals surface area (Å²) in [5.41, 5.74) is 0.694. The number of rotatable bonds is 4. The van der Waals surface area contributed by atoms with E-state index in [0.29, 0.717) is 10.7 Å². The Kier molecular flexibility index (Phi) is 4.92. The second-order valence-electron chi connectivity index (χ2n) is 4.74. The summed E-state index contributed by atoms with van der Waals surface area (Å²) < 4.78 is 26.9. The smallest absolute Gasteiger partial charge is 0.282 e. The minimum absolute atomic E-state index is 0.138. The van der Waals surface area contributed by atoms with Crippen LogP contribution in [0.1, 0.15) is 35.0 Å². The molecule has 0 radical (unpaired) electrons. The molecule has 1 heterocycles. The monoisotopic (exact) mass is 325 g/mol. The molecule has 0 saturated heterocycles. The molecule has 0 bridgehead atoms. The highest BCUT2D eigenvalue weighted by Crippen LogP contribution is 2.21. The normalized spacial score (nSPS) is 11.8. The predicted octanol–water partition coefficient (Wildman–Crippen LogP) is 3.80. The standard InChI is InChI=1S/C15H14ClF2N3O/c1-9(7-10-3-5-11(16)6-4-10)19-15(22)12-8-21(2)20-13(12)14(17)18/h3-8,14H,1-2H3,(H,19,22)/b9-7+. The Morgan fingerprint density at radius 3 is 2.59 bits per heavy atom. The molecule has 0 spiro atoms. The Hall–Kier alpha value is -2.21. The maximum absolute atomic E-state index is 12.8. The van der Waals surface area contributed by atoms with Crippen LogP contribution < -0.4 is 5.32 Å². The average Bonchev–Trinajstić information content (AvgIpc) is 2.84. The number of allylic oxidation sites excluding steroid dienone is 1. The molecule has 1 aromatic heterocycles. The van der Waals surface area contributed by atoms with Crippen LogP contribution in [0.15, 0.2) is 36.2 Å². The van der Waals surface area contributed by atoms with Gasteiger partial charge in [0.15, 0.2) is 0 Å². The van der Waals surface area contributed by atoms with Gasteiger partial charge < -0.3 is 5.32 Å². The van der Waals surface area contributed by atoms with Crippen molar-refractivity contribution < 1.29 is 13.6 Å². The number of hydrogen-bond donors (Lipinski definition) is 1. The van der Waals surface area contributed by atoms with Crippen LogP contribution in [-0.2, 0) is 7.05 Å². The number of benzene rings is 1. The van der Waals surface area contributed by atoms with Gasteiger partial charge in [-0.15, -0.1) is 0 Å². The van der Waals surface area contributed by atoms with Gasteiger partial charge in [-0.2, -0.15) is 5.10 Å². The zero-order valence-corrected chi connectivity index (χ0v) is 12.7. The molecule has 2 rings (SSSR count). The number of nitrogens with one attached hydrogen (secondary N) is 1. The number of aromatic nitrogens is 2. The van der Waals surface area contributed by atoms with Crippen LogP contribution in [0.2, 0.25) is 5.02 Å². The summed E-state index contributed by atoms with van der Waals surface area (Å²) in [6, 6.07) is 7.01. The van der Waals surface area contributed by atoms with E-state index in [2.05, 4.69) is 10.4 Å². The fourth-order valence-corrected chi connectivity index (χ4v) is 2.06. The van der Waals surface area contributed by atoms with E-state index in [1.54, 1.807) is 37.3 Å². The summed E-state index contributed by atoms with van der Waals surface area (Å²) in [5, 5.41) is 6.78. The van der Waals surface area contributed by atoms with Crippen LogP contribution in [0, 0.1) is 0 Å². The van der Waals surface area contributed by atoms with E-state index >= 15 is 0 Å². The van der Waals surface area contributed by atoms with Gasteiger partial charge >= 0.3 is 0 Å². The molecule has 22 heavy (non-hydrogen) atoms. The minimum atomic E-state index is -2.80. The van der Waals surface area contributed by atoms with Gasteiger partial charge in [0.25, 0.3) is 12.3 Å². The Morgan fingerprint density at radius 2 is 2.00 bits per heavy atom. The van der Waals surface area contributed by atoms with Crippen molar-refractivity contribution in [2.75, 3.05) is 0 Å². The molecule has 0 aliphatic carbocycles. The van der Waals surface area contributed by atoms with E-state index in [1.165, 1.54) is 17.9 Å². The van der Waals surface area contributed by atoms with E-state index in [1.807, 2.05) is 0 Å². The number of carbonyl (C=O) groups is 1. The highest BCUT2D eigenvalue weighted by atomic mass is 35.5. The topological polar surface area (TPSA) is 46.9 Å². The number of alkyl halides is 2. The fraction of sp³-hybridized carbons (Fsp3) is 0.200. The lowest BCUT2D eigenvalue weighted by Crippen LogP contribution is -2.22. The Bertz CT molecular complexity index is 708. The van der Waals surface area contributed by atoms with Crippen LogP contribution in [0.3, 0.4) is 0 Å². The first-order valence-corrected chi connectivity index (χ1v) is 6.81. The number of amides is 1. The lowest BCUT2D eigenvalue weighted by Gasteiger charge is -2.05. The van der Waals surface area contributed by atoms with Gasteiger partial charge in [0.1, 0.15) is 5.69 Å². The maximum atomic E-state index is 12.8. The number of halogens is 3. The second-order valence-corrected chi connectivity index (χ2v) is 5.17. The van der Waals surface area contributed by atoms with Crippen LogP contribution >= 0.6 is 11.6 Å².